The van der Waals surface area contributed by atoms with Crippen molar-refractivity contribution in [3.63, 3.8) is 0 Å². The van der Waals surface area contributed by atoms with Crippen LogP contribution in [0.1, 0.15) is 28.3 Å². The van der Waals surface area contributed by atoms with Gasteiger partial charge in [0.1, 0.15) is 11.6 Å². The molecule has 1 amide bonds. The molecule has 1 aromatic heterocycles. The van der Waals surface area contributed by atoms with Crippen LogP contribution >= 0.6 is 34.7 Å². The third kappa shape index (κ3) is 5.34. The first-order valence-corrected chi connectivity index (χ1v) is 14.4. The second-order valence-corrected chi connectivity index (χ2v) is 11.9. The minimum atomic E-state index is -0.991. The molecular formula is C29H24ClFN4O3S2. The second kappa shape index (κ2) is 11.4. The Labute approximate surface area is 243 Å². The highest BCUT2D eigenvalue weighted by Crippen LogP contribution is 2.44. The Balaban J connectivity index is 1.56. The molecule has 1 unspecified atom stereocenters. The minimum Gasteiger partial charge on any atom is -0.507 e. The molecule has 1 saturated heterocycles. The van der Waals surface area contributed by atoms with E-state index >= 15 is 0 Å². The van der Waals surface area contributed by atoms with E-state index in [-0.39, 0.29) is 16.3 Å². The van der Waals surface area contributed by atoms with Crippen molar-refractivity contribution >= 4 is 63.0 Å². The first-order chi connectivity index (χ1) is 19.2. The molecule has 1 fully saturated rings. The molecule has 0 radical (unpaired) electrons. The summed E-state index contributed by atoms with van der Waals surface area (Å²) in [4.78, 5) is 30.0. The van der Waals surface area contributed by atoms with Crippen LogP contribution in [0.15, 0.2) is 76.6 Å². The largest absolute Gasteiger partial charge is 0.507 e. The monoisotopic (exact) mass is 594 g/mol. The first-order valence-electron chi connectivity index (χ1n) is 12.2. The number of thioether (sulfide) groups is 1. The SMILES string of the molecule is Cc1ccc(/C(O)=C2/C(=O)C(=O)N(c3nnc(SCc4ccccc4Cl)s3)C2c2ccc(N(C)C)cc2)cc1F. The van der Waals surface area contributed by atoms with Gasteiger partial charge < -0.3 is 10.0 Å². The molecule has 11 heteroatoms. The summed E-state index contributed by atoms with van der Waals surface area (Å²) in [5.41, 5.74) is 2.77. The maximum absolute atomic E-state index is 14.4. The number of hydrogen-bond acceptors (Lipinski definition) is 8. The molecule has 1 aliphatic heterocycles. The summed E-state index contributed by atoms with van der Waals surface area (Å²) in [6.45, 7) is 1.60. The second-order valence-electron chi connectivity index (χ2n) is 9.35. The van der Waals surface area contributed by atoms with E-state index in [1.165, 1.54) is 28.8 Å². The van der Waals surface area contributed by atoms with E-state index in [9.17, 15) is 19.1 Å². The molecule has 4 aromatic rings. The molecule has 0 spiro atoms. The van der Waals surface area contributed by atoms with E-state index in [0.717, 1.165) is 28.7 Å². The van der Waals surface area contributed by atoms with E-state index in [2.05, 4.69) is 10.2 Å². The van der Waals surface area contributed by atoms with Crippen LogP contribution in [0.3, 0.4) is 0 Å². The summed E-state index contributed by atoms with van der Waals surface area (Å²) in [5.74, 6) is -2.19. The van der Waals surface area contributed by atoms with Gasteiger partial charge in [-0.2, -0.15) is 0 Å². The Kier molecular flexibility index (Phi) is 7.93. The molecule has 1 atom stereocenters. The highest BCUT2D eigenvalue weighted by molar-refractivity contribution is 8.00. The Hall–Kier alpha value is -3.73. The lowest BCUT2D eigenvalue weighted by molar-refractivity contribution is -0.132. The minimum absolute atomic E-state index is 0.101. The molecular weight excluding hydrogens is 571 g/mol. The van der Waals surface area contributed by atoms with Gasteiger partial charge >= 0.3 is 5.91 Å². The van der Waals surface area contributed by atoms with Crippen LogP contribution in [-0.2, 0) is 15.3 Å². The molecule has 0 aliphatic carbocycles. The molecule has 0 bridgehead atoms. The average Bonchev–Trinajstić information content (AvgIpc) is 3.51. The Morgan fingerprint density at radius 2 is 1.82 bits per heavy atom. The van der Waals surface area contributed by atoms with Crippen molar-refractivity contribution in [2.75, 3.05) is 23.9 Å². The quantitative estimate of drug-likeness (QED) is 0.0845. The van der Waals surface area contributed by atoms with Crippen LogP contribution in [0, 0.1) is 12.7 Å². The smallest absolute Gasteiger partial charge is 0.301 e. The Morgan fingerprint density at radius 3 is 2.50 bits per heavy atom. The van der Waals surface area contributed by atoms with Crippen molar-refractivity contribution in [1.29, 1.82) is 0 Å². The van der Waals surface area contributed by atoms with Gasteiger partial charge in [-0.25, -0.2) is 4.39 Å². The normalized spacial score (nSPS) is 16.5. The average molecular weight is 595 g/mol. The third-order valence-electron chi connectivity index (χ3n) is 6.53. The molecule has 40 heavy (non-hydrogen) atoms. The van der Waals surface area contributed by atoms with Gasteiger partial charge in [0, 0.05) is 36.1 Å². The summed E-state index contributed by atoms with van der Waals surface area (Å²) in [5, 5.41) is 20.6. The van der Waals surface area contributed by atoms with E-state index in [4.69, 9.17) is 11.6 Å². The standard InChI is InChI=1S/C29H24ClFN4O3S2/c1-16-8-9-18(14-22(16)31)25(36)23-24(17-10-12-20(13-11-17)34(2)3)35(27(38)26(23)37)28-32-33-29(40-28)39-15-19-6-4-5-7-21(19)30/h4-14,24,36H,15H2,1-3H3/b25-23-. The lowest BCUT2D eigenvalue weighted by atomic mass is 9.95. The number of halogens is 2. The maximum Gasteiger partial charge on any atom is 0.301 e. The van der Waals surface area contributed by atoms with Gasteiger partial charge in [0.15, 0.2) is 4.34 Å². The zero-order valence-corrected chi connectivity index (χ0v) is 24.1. The van der Waals surface area contributed by atoms with E-state index in [1.54, 1.807) is 19.1 Å². The number of carbonyl (C=O) groups excluding carboxylic acids is 2. The lowest BCUT2D eigenvalue weighted by Gasteiger charge is -2.23. The molecule has 2 heterocycles. The highest BCUT2D eigenvalue weighted by Gasteiger charge is 2.48. The number of Topliss-reactive ketones (excluding diaryl/α,β-unsaturated/α-hetero) is 1. The van der Waals surface area contributed by atoms with Gasteiger partial charge in [-0.3, -0.25) is 14.5 Å². The number of aliphatic hydroxyl groups excluding tert-OH is 1. The third-order valence-corrected chi connectivity index (χ3v) is 9.00. The summed E-state index contributed by atoms with van der Waals surface area (Å²) < 4.78 is 15.0. The fourth-order valence-electron chi connectivity index (χ4n) is 4.31. The van der Waals surface area contributed by atoms with E-state index in [0.29, 0.717) is 26.2 Å². The van der Waals surface area contributed by atoms with Crippen molar-refractivity contribution in [2.45, 2.75) is 23.1 Å². The molecule has 3 aromatic carbocycles. The number of ketones is 1. The Bertz CT molecular complexity index is 1640. The highest BCUT2D eigenvalue weighted by atomic mass is 35.5. The number of carbonyl (C=O) groups is 2. The summed E-state index contributed by atoms with van der Waals surface area (Å²) >= 11 is 8.84. The van der Waals surface area contributed by atoms with Gasteiger partial charge in [-0.15, -0.1) is 10.2 Å². The zero-order valence-electron chi connectivity index (χ0n) is 21.8. The Morgan fingerprint density at radius 1 is 1.10 bits per heavy atom. The van der Waals surface area contributed by atoms with Crippen LogP contribution in [0.25, 0.3) is 5.76 Å². The summed E-state index contributed by atoms with van der Waals surface area (Å²) in [7, 11) is 3.80. The molecule has 204 valence electrons. The number of anilines is 2. The number of benzene rings is 3. The van der Waals surface area contributed by atoms with Crippen LogP contribution in [0.4, 0.5) is 15.2 Å². The van der Waals surface area contributed by atoms with Crippen molar-refractivity contribution in [3.05, 3.63) is 105 Å². The number of hydrogen-bond donors (Lipinski definition) is 1. The molecule has 1 aliphatic rings. The molecule has 5 rings (SSSR count). The van der Waals surface area contributed by atoms with Crippen LogP contribution in [0.5, 0.6) is 0 Å². The van der Waals surface area contributed by atoms with Gasteiger partial charge in [-0.1, -0.05) is 77.2 Å². The number of rotatable bonds is 7. The number of aromatic nitrogens is 2. The van der Waals surface area contributed by atoms with Crippen LogP contribution in [0.2, 0.25) is 5.02 Å². The van der Waals surface area contributed by atoms with Gasteiger partial charge in [0.2, 0.25) is 5.13 Å². The number of aryl methyl sites for hydroxylation is 1. The van der Waals surface area contributed by atoms with Gasteiger partial charge in [0.25, 0.3) is 5.78 Å². The van der Waals surface area contributed by atoms with Crippen molar-refractivity contribution in [2.24, 2.45) is 0 Å². The fourth-order valence-corrected chi connectivity index (χ4v) is 6.46. The number of amides is 1. The van der Waals surface area contributed by atoms with Crippen molar-refractivity contribution in [1.82, 2.24) is 10.2 Å². The molecule has 0 saturated carbocycles. The summed E-state index contributed by atoms with van der Waals surface area (Å²) in [6, 6.07) is 17.9. The van der Waals surface area contributed by atoms with Crippen LogP contribution in [-0.4, -0.2) is 41.1 Å². The first kappa shape index (κ1) is 27.8. The van der Waals surface area contributed by atoms with E-state index < -0.39 is 29.3 Å². The molecule has 7 nitrogen and oxygen atoms in total. The number of nitrogens with zero attached hydrogens (tertiary/aromatic N) is 4. The van der Waals surface area contributed by atoms with Crippen molar-refractivity contribution in [3.8, 4) is 0 Å². The predicted molar refractivity (Wildman–Crippen MR) is 158 cm³/mol. The maximum atomic E-state index is 14.4. The van der Waals surface area contributed by atoms with Gasteiger partial charge in [0.05, 0.1) is 11.6 Å². The van der Waals surface area contributed by atoms with Crippen molar-refractivity contribution < 1.29 is 19.1 Å². The molecule has 1 N–H and O–H groups in total. The van der Waals surface area contributed by atoms with Crippen LogP contribution < -0.4 is 9.80 Å². The number of aliphatic hydroxyl groups is 1. The summed E-state index contributed by atoms with van der Waals surface area (Å²) in [6.07, 6.45) is 0. The van der Waals surface area contributed by atoms with Gasteiger partial charge in [-0.05, 0) is 47.9 Å². The fraction of sp³-hybridized carbons (Fsp3) is 0.172. The lowest BCUT2D eigenvalue weighted by Crippen LogP contribution is -2.29. The zero-order chi connectivity index (χ0) is 28.6. The van der Waals surface area contributed by atoms with E-state index in [1.807, 2.05) is 55.4 Å². The topological polar surface area (TPSA) is 86.6 Å². The predicted octanol–water partition coefficient (Wildman–Crippen LogP) is 6.62.